The third-order valence-corrected chi connectivity index (χ3v) is 2.04. The lowest BCUT2D eigenvalue weighted by Gasteiger charge is -2.02. The highest BCUT2D eigenvalue weighted by Gasteiger charge is 2.03. The van der Waals surface area contributed by atoms with E-state index in [1.165, 1.54) is 6.07 Å². The van der Waals surface area contributed by atoms with Gasteiger partial charge < -0.3 is 0 Å². The van der Waals surface area contributed by atoms with E-state index in [-0.39, 0.29) is 5.82 Å². The van der Waals surface area contributed by atoms with Gasteiger partial charge in [-0.3, -0.25) is 0 Å². The predicted molar refractivity (Wildman–Crippen MR) is 45.7 cm³/mol. The van der Waals surface area contributed by atoms with Crippen LogP contribution in [0.5, 0.6) is 0 Å². The van der Waals surface area contributed by atoms with Crippen molar-refractivity contribution in [1.29, 1.82) is 0 Å². The van der Waals surface area contributed by atoms with Crippen LogP contribution >= 0.6 is 11.6 Å². The van der Waals surface area contributed by atoms with Gasteiger partial charge in [0.15, 0.2) is 0 Å². The van der Waals surface area contributed by atoms with Crippen molar-refractivity contribution in [2.75, 3.05) is 0 Å². The number of hydrogen-bond donors (Lipinski definition) is 0. The van der Waals surface area contributed by atoms with E-state index in [1.807, 2.05) is 0 Å². The Morgan fingerprint density at radius 3 is 2.73 bits per heavy atom. The average Bonchev–Trinajstić information content (AvgIpc) is 1.97. The maximum absolute atomic E-state index is 12.9. The van der Waals surface area contributed by atoms with Crippen LogP contribution in [0.2, 0.25) is 11.1 Å². The molecule has 0 heterocycles. The minimum absolute atomic E-state index is 0.226. The zero-order valence-corrected chi connectivity index (χ0v) is 7.66. The maximum Gasteiger partial charge on any atom is 0.127 e. The molecule has 0 unspecified atom stereocenters. The predicted octanol–water partition coefficient (Wildman–Crippen LogP) is 2.61. The van der Waals surface area contributed by atoms with Crippen LogP contribution in [0.3, 0.4) is 0 Å². The van der Waals surface area contributed by atoms with Crippen molar-refractivity contribution in [3.05, 3.63) is 34.6 Å². The van der Waals surface area contributed by atoms with E-state index in [4.69, 9.17) is 11.6 Å². The minimum Gasteiger partial charge on any atom is -0.207 e. The molecule has 0 aromatic heterocycles. The molecular formula is C8H7ClFSi. The van der Waals surface area contributed by atoms with Gasteiger partial charge in [-0.1, -0.05) is 23.7 Å². The monoisotopic (exact) mass is 185 g/mol. The Kier molecular flexibility index (Phi) is 3.09. The highest BCUT2D eigenvalue weighted by atomic mass is 35.5. The van der Waals surface area contributed by atoms with Gasteiger partial charge in [0.2, 0.25) is 0 Å². The summed E-state index contributed by atoms with van der Waals surface area (Å²) in [6, 6.07) is 5.44. The first-order valence-corrected chi connectivity index (χ1v) is 4.41. The van der Waals surface area contributed by atoms with Gasteiger partial charge in [-0.15, -0.1) is 0 Å². The van der Waals surface area contributed by atoms with Gasteiger partial charge in [0, 0.05) is 20.8 Å². The lowest BCUT2D eigenvalue weighted by Crippen LogP contribution is -1.90. The van der Waals surface area contributed by atoms with E-state index >= 15 is 0 Å². The maximum atomic E-state index is 12.9. The zero-order chi connectivity index (χ0) is 8.27. The van der Waals surface area contributed by atoms with Crippen LogP contribution in [0.25, 0.3) is 0 Å². The Hall–Kier alpha value is -0.343. The quantitative estimate of drug-likeness (QED) is 0.622. The highest BCUT2D eigenvalue weighted by Crippen LogP contribution is 2.19. The van der Waals surface area contributed by atoms with Crippen molar-refractivity contribution in [1.82, 2.24) is 0 Å². The fraction of sp³-hybridized carbons (Fsp3) is 0.250. The lowest BCUT2D eigenvalue weighted by atomic mass is 10.1. The third-order valence-electron chi connectivity index (χ3n) is 1.44. The first kappa shape index (κ1) is 8.75. The van der Waals surface area contributed by atoms with Crippen LogP contribution in [0.1, 0.15) is 5.56 Å². The Morgan fingerprint density at radius 2 is 2.18 bits per heavy atom. The molecule has 0 amide bonds. The molecule has 1 aromatic carbocycles. The molecule has 3 radical (unpaired) electrons. The number of hydrogen-bond acceptors (Lipinski definition) is 0. The Balaban J connectivity index is 3.00. The second kappa shape index (κ2) is 3.88. The molecule has 0 aliphatic rings. The molecule has 0 nitrogen and oxygen atoms in total. The molecule has 3 heteroatoms. The summed E-state index contributed by atoms with van der Waals surface area (Å²) in [4.78, 5) is 0. The smallest absolute Gasteiger partial charge is 0.127 e. The molecule has 0 aliphatic carbocycles. The standard InChI is InChI=1S/C8H7ClFSi/c9-7-2-1-3-8(10)6(7)4-5-11/h1-3H,4-5H2. The van der Waals surface area contributed by atoms with Crippen molar-refractivity contribution < 1.29 is 4.39 Å². The van der Waals surface area contributed by atoms with Gasteiger partial charge in [0.25, 0.3) is 0 Å². The van der Waals surface area contributed by atoms with Crippen molar-refractivity contribution in [2.24, 2.45) is 0 Å². The van der Waals surface area contributed by atoms with Crippen LogP contribution in [0.15, 0.2) is 18.2 Å². The fourth-order valence-electron chi connectivity index (χ4n) is 0.896. The third kappa shape index (κ3) is 2.04. The summed E-state index contributed by atoms with van der Waals surface area (Å²) < 4.78 is 12.9. The van der Waals surface area contributed by atoms with E-state index in [0.717, 1.165) is 6.04 Å². The molecule has 0 aliphatic heterocycles. The number of halogens is 2. The van der Waals surface area contributed by atoms with E-state index in [1.54, 1.807) is 12.1 Å². The summed E-state index contributed by atoms with van der Waals surface area (Å²) in [5, 5.41) is 0.503. The van der Waals surface area contributed by atoms with E-state index in [2.05, 4.69) is 10.2 Å². The van der Waals surface area contributed by atoms with Crippen LogP contribution < -0.4 is 0 Å². The fourth-order valence-corrected chi connectivity index (χ4v) is 1.40. The molecule has 0 atom stereocenters. The van der Waals surface area contributed by atoms with Gasteiger partial charge in [-0.2, -0.15) is 0 Å². The highest BCUT2D eigenvalue weighted by molar-refractivity contribution is 6.31. The molecule has 0 saturated heterocycles. The molecule has 1 aromatic rings. The second-order valence-corrected chi connectivity index (χ2v) is 3.11. The summed E-state index contributed by atoms with van der Waals surface area (Å²) >= 11 is 5.75. The molecule has 0 bridgehead atoms. The van der Waals surface area contributed by atoms with Crippen molar-refractivity contribution in [3.63, 3.8) is 0 Å². The molecular weight excluding hydrogens is 179 g/mol. The first-order chi connectivity index (χ1) is 5.25. The second-order valence-electron chi connectivity index (χ2n) is 2.20. The Bertz CT molecular complexity index is 230. The first-order valence-electron chi connectivity index (χ1n) is 3.33. The van der Waals surface area contributed by atoms with Gasteiger partial charge >= 0.3 is 0 Å². The number of rotatable bonds is 2. The van der Waals surface area contributed by atoms with E-state index in [0.29, 0.717) is 17.0 Å². The van der Waals surface area contributed by atoms with Crippen molar-refractivity contribution in [3.8, 4) is 0 Å². The SMILES string of the molecule is Fc1cccc(Cl)c1CC[Si]. The van der Waals surface area contributed by atoms with E-state index in [9.17, 15) is 4.39 Å². The molecule has 0 fully saturated rings. The lowest BCUT2D eigenvalue weighted by molar-refractivity contribution is 0.612. The molecule has 0 saturated carbocycles. The molecule has 0 spiro atoms. The average molecular weight is 186 g/mol. The Labute approximate surface area is 73.8 Å². The van der Waals surface area contributed by atoms with E-state index < -0.39 is 0 Å². The van der Waals surface area contributed by atoms with Crippen LogP contribution in [0.4, 0.5) is 4.39 Å². The molecule has 1 rings (SSSR count). The summed E-state index contributed by atoms with van der Waals surface area (Å²) in [5.41, 5.74) is 0.587. The molecule has 57 valence electrons. The van der Waals surface area contributed by atoms with Gasteiger partial charge in [0.05, 0.1) is 0 Å². The topological polar surface area (TPSA) is 0 Å². The Morgan fingerprint density at radius 1 is 1.45 bits per heavy atom. The normalized spacial score (nSPS) is 10.1. The van der Waals surface area contributed by atoms with Gasteiger partial charge in [-0.25, -0.2) is 4.39 Å². The van der Waals surface area contributed by atoms with Crippen LogP contribution in [-0.2, 0) is 6.42 Å². The summed E-state index contributed by atoms with van der Waals surface area (Å²) in [6.07, 6.45) is 0.627. The van der Waals surface area contributed by atoms with Crippen molar-refractivity contribution in [2.45, 2.75) is 12.5 Å². The summed E-state index contributed by atoms with van der Waals surface area (Å²) in [6.45, 7) is 0. The number of benzene rings is 1. The van der Waals surface area contributed by atoms with Gasteiger partial charge in [0.1, 0.15) is 5.82 Å². The zero-order valence-electron chi connectivity index (χ0n) is 5.90. The largest absolute Gasteiger partial charge is 0.207 e. The summed E-state index contributed by atoms with van der Waals surface area (Å²) in [5.74, 6) is -0.226. The van der Waals surface area contributed by atoms with Crippen molar-refractivity contribution >= 4 is 21.8 Å². The van der Waals surface area contributed by atoms with Crippen LogP contribution in [-0.4, -0.2) is 10.2 Å². The van der Waals surface area contributed by atoms with Gasteiger partial charge in [-0.05, 0) is 18.6 Å². The summed E-state index contributed by atoms with van der Waals surface area (Å²) in [7, 11) is 3.27. The molecule has 0 N–H and O–H groups in total. The minimum atomic E-state index is -0.226. The molecule has 11 heavy (non-hydrogen) atoms. The van der Waals surface area contributed by atoms with Crippen LogP contribution in [0, 0.1) is 5.82 Å².